The van der Waals surface area contributed by atoms with Crippen LogP contribution >= 0.6 is 34.2 Å². The Hall–Kier alpha value is -0.290. The SMILES string of the molecule is CC1CCC(n2c(CCl)nc3cc(I)ccc32)CC1. The summed E-state index contributed by atoms with van der Waals surface area (Å²) < 4.78 is 3.62. The number of halogens is 2. The number of hydrogen-bond acceptors (Lipinski definition) is 1. The second-order valence-electron chi connectivity index (χ2n) is 5.58. The number of aromatic nitrogens is 2. The van der Waals surface area contributed by atoms with E-state index in [1.165, 1.54) is 34.8 Å². The molecule has 1 heterocycles. The van der Waals surface area contributed by atoms with Crippen LogP contribution in [0.25, 0.3) is 11.0 Å². The van der Waals surface area contributed by atoms with E-state index in [9.17, 15) is 0 Å². The monoisotopic (exact) mass is 388 g/mol. The average Bonchev–Trinajstić information content (AvgIpc) is 2.77. The molecule has 4 heteroatoms. The third-order valence-electron chi connectivity index (χ3n) is 4.19. The predicted octanol–water partition coefficient (Wildman–Crippen LogP) is 5.13. The molecule has 1 aromatic carbocycles. The molecule has 0 N–H and O–H groups in total. The van der Waals surface area contributed by atoms with Gasteiger partial charge in [-0.3, -0.25) is 0 Å². The van der Waals surface area contributed by atoms with Crippen molar-refractivity contribution in [2.75, 3.05) is 0 Å². The van der Waals surface area contributed by atoms with E-state index in [4.69, 9.17) is 16.6 Å². The zero-order valence-electron chi connectivity index (χ0n) is 11.1. The van der Waals surface area contributed by atoms with Gasteiger partial charge in [-0.05, 0) is 72.4 Å². The summed E-state index contributed by atoms with van der Waals surface area (Å²) in [6.07, 6.45) is 5.14. The van der Waals surface area contributed by atoms with Crippen molar-refractivity contribution < 1.29 is 0 Å². The molecule has 0 amide bonds. The van der Waals surface area contributed by atoms with E-state index >= 15 is 0 Å². The largest absolute Gasteiger partial charge is 0.324 e. The van der Waals surface area contributed by atoms with Crippen LogP contribution in [-0.4, -0.2) is 9.55 Å². The quantitative estimate of drug-likeness (QED) is 0.515. The molecule has 0 atom stereocenters. The van der Waals surface area contributed by atoms with Crippen molar-refractivity contribution in [3.05, 3.63) is 27.6 Å². The summed E-state index contributed by atoms with van der Waals surface area (Å²) in [5.74, 6) is 2.39. The summed E-state index contributed by atoms with van der Waals surface area (Å²) in [6.45, 7) is 2.35. The van der Waals surface area contributed by atoms with Crippen LogP contribution in [0.1, 0.15) is 44.5 Å². The third-order valence-corrected chi connectivity index (χ3v) is 5.10. The van der Waals surface area contributed by atoms with Gasteiger partial charge in [0.1, 0.15) is 5.82 Å². The van der Waals surface area contributed by atoms with Crippen molar-refractivity contribution in [3.63, 3.8) is 0 Å². The van der Waals surface area contributed by atoms with E-state index in [0.29, 0.717) is 11.9 Å². The number of alkyl halides is 1. The molecule has 0 aliphatic heterocycles. The molecule has 1 saturated carbocycles. The second kappa shape index (κ2) is 5.60. The molecule has 1 aliphatic carbocycles. The van der Waals surface area contributed by atoms with E-state index in [2.05, 4.69) is 52.3 Å². The molecule has 2 nitrogen and oxygen atoms in total. The van der Waals surface area contributed by atoms with Gasteiger partial charge in [0.05, 0.1) is 16.9 Å². The minimum Gasteiger partial charge on any atom is -0.324 e. The molecule has 0 unspecified atom stereocenters. The number of hydrogen-bond donors (Lipinski definition) is 0. The second-order valence-corrected chi connectivity index (χ2v) is 7.09. The molecule has 1 aliphatic rings. The van der Waals surface area contributed by atoms with Gasteiger partial charge in [-0.25, -0.2) is 4.98 Å². The van der Waals surface area contributed by atoms with Crippen LogP contribution in [0.15, 0.2) is 18.2 Å². The molecule has 19 heavy (non-hydrogen) atoms. The van der Waals surface area contributed by atoms with Gasteiger partial charge in [-0.15, -0.1) is 11.6 Å². The zero-order valence-corrected chi connectivity index (χ0v) is 14.0. The number of imidazole rings is 1. The Morgan fingerprint density at radius 3 is 2.74 bits per heavy atom. The van der Waals surface area contributed by atoms with Crippen molar-refractivity contribution in [3.8, 4) is 0 Å². The first-order valence-electron chi connectivity index (χ1n) is 6.91. The van der Waals surface area contributed by atoms with Gasteiger partial charge in [0.25, 0.3) is 0 Å². The van der Waals surface area contributed by atoms with Gasteiger partial charge in [-0.1, -0.05) is 6.92 Å². The standard InChI is InChI=1S/C15H18ClIN2/c1-10-2-5-12(6-3-10)19-14-7-4-11(17)8-13(14)18-15(19)9-16/h4,7-8,10,12H,2-3,5-6,9H2,1H3. The van der Waals surface area contributed by atoms with Crippen molar-refractivity contribution >= 4 is 45.2 Å². The lowest BCUT2D eigenvalue weighted by molar-refractivity contribution is 0.290. The molecule has 3 rings (SSSR count). The fraction of sp³-hybridized carbons (Fsp3) is 0.533. The molecule has 2 aromatic rings. The van der Waals surface area contributed by atoms with E-state index in [1.807, 2.05) is 0 Å². The van der Waals surface area contributed by atoms with E-state index in [-0.39, 0.29) is 0 Å². The molecule has 0 spiro atoms. The first kappa shape index (κ1) is 13.7. The van der Waals surface area contributed by atoms with E-state index in [0.717, 1.165) is 17.3 Å². The summed E-state index contributed by atoms with van der Waals surface area (Å²) in [5, 5.41) is 0. The van der Waals surface area contributed by atoms with Crippen LogP contribution in [0.5, 0.6) is 0 Å². The average molecular weight is 389 g/mol. The lowest BCUT2D eigenvalue weighted by Crippen LogP contribution is -2.18. The van der Waals surface area contributed by atoms with Gasteiger partial charge in [0.2, 0.25) is 0 Å². The minimum atomic E-state index is 0.497. The minimum absolute atomic E-state index is 0.497. The van der Waals surface area contributed by atoms with Crippen molar-refractivity contribution in [2.24, 2.45) is 5.92 Å². The number of nitrogens with zero attached hydrogens (tertiary/aromatic N) is 2. The van der Waals surface area contributed by atoms with Crippen LogP contribution < -0.4 is 0 Å². The van der Waals surface area contributed by atoms with E-state index in [1.54, 1.807) is 0 Å². The zero-order chi connectivity index (χ0) is 13.4. The van der Waals surface area contributed by atoms with Crippen LogP contribution in [0.3, 0.4) is 0 Å². The summed E-state index contributed by atoms with van der Waals surface area (Å²) in [7, 11) is 0. The van der Waals surface area contributed by atoms with Crippen molar-refractivity contribution in [1.29, 1.82) is 0 Å². The van der Waals surface area contributed by atoms with Crippen LogP contribution in [0, 0.1) is 9.49 Å². The van der Waals surface area contributed by atoms with Crippen molar-refractivity contribution in [1.82, 2.24) is 9.55 Å². The van der Waals surface area contributed by atoms with Gasteiger partial charge >= 0.3 is 0 Å². The number of rotatable bonds is 2. The molecular formula is C15H18ClIN2. The molecule has 0 saturated heterocycles. The normalized spacial score (nSPS) is 23.9. The predicted molar refractivity (Wildman–Crippen MR) is 88.7 cm³/mol. The fourth-order valence-corrected chi connectivity index (χ4v) is 3.79. The maximum absolute atomic E-state index is 6.11. The summed E-state index contributed by atoms with van der Waals surface area (Å²) in [6, 6.07) is 7.08. The first-order chi connectivity index (χ1) is 9.19. The molecular weight excluding hydrogens is 371 g/mol. The maximum atomic E-state index is 6.11. The summed E-state index contributed by atoms with van der Waals surface area (Å²) >= 11 is 8.44. The highest BCUT2D eigenvalue weighted by Crippen LogP contribution is 2.35. The Bertz CT molecular complexity index is 585. The first-order valence-corrected chi connectivity index (χ1v) is 8.52. The van der Waals surface area contributed by atoms with Crippen molar-refractivity contribution in [2.45, 2.75) is 44.5 Å². The van der Waals surface area contributed by atoms with Gasteiger partial charge in [0, 0.05) is 9.61 Å². The molecule has 1 aromatic heterocycles. The van der Waals surface area contributed by atoms with Gasteiger partial charge < -0.3 is 4.57 Å². The van der Waals surface area contributed by atoms with Crippen LogP contribution in [-0.2, 0) is 5.88 Å². The molecule has 102 valence electrons. The summed E-state index contributed by atoms with van der Waals surface area (Å²) in [5.41, 5.74) is 2.33. The highest BCUT2D eigenvalue weighted by molar-refractivity contribution is 14.1. The third kappa shape index (κ3) is 2.64. The Balaban J connectivity index is 2.05. The Kier molecular flexibility index (Phi) is 4.03. The number of fused-ring (bicyclic) bond motifs is 1. The lowest BCUT2D eigenvalue weighted by Gasteiger charge is -2.28. The summed E-state index contributed by atoms with van der Waals surface area (Å²) in [4.78, 5) is 4.71. The lowest BCUT2D eigenvalue weighted by atomic mass is 9.87. The van der Waals surface area contributed by atoms with Crippen LogP contribution in [0.4, 0.5) is 0 Å². The van der Waals surface area contributed by atoms with Crippen LogP contribution in [0.2, 0.25) is 0 Å². The smallest absolute Gasteiger partial charge is 0.125 e. The Morgan fingerprint density at radius 1 is 1.32 bits per heavy atom. The van der Waals surface area contributed by atoms with E-state index < -0.39 is 0 Å². The highest BCUT2D eigenvalue weighted by atomic mass is 127. The molecule has 0 bridgehead atoms. The van der Waals surface area contributed by atoms with Gasteiger partial charge in [-0.2, -0.15) is 0 Å². The topological polar surface area (TPSA) is 17.8 Å². The van der Waals surface area contributed by atoms with Gasteiger partial charge in [0.15, 0.2) is 0 Å². The Labute approximate surface area is 132 Å². The highest BCUT2D eigenvalue weighted by Gasteiger charge is 2.23. The number of benzene rings is 1. The molecule has 1 fully saturated rings. The fourth-order valence-electron chi connectivity index (χ4n) is 3.12. The molecule has 0 radical (unpaired) electrons. The Morgan fingerprint density at radius 2 is 2.05 bits per heavy atom. The maximum Gasteiger partial charge on any atom is 0.125 e.